The van der Waals surface area contributed by atoms with E-state index in [1.165, 1.54) is 23.5 Å². The molecule has 2 saturated heterocycles. The van der Waals surface area contributed by atoms with Crippen LogP contribution in [0.25, 0.3) is 10.9 Å². The number of hydrogen-bond acceptors (Lipinski definition) is 8. The third-order valence-corrected chi connectivity index (χ3v) is 9.68. The summed E-state index contributed by atoms with van der Waals surface area (Å²) in [5.74, 6) is -0.0252. The van der Waals surface area contributed by atoms with Crippen LogP contribution in [0.2, 0.25) is 0 Å². The second-order valence-electron chi connectivity index (χ2n) is 10.6. The fourth-order valence-electron chi connectivity index (χ4n) is 5.98. The molecule has 1 aliphatic carbocycles. The number of hydrogen-bond donors (Lipinski definition) is 2. The highest BCUT2D eigenvalue weighted by atomic mass is 32.2. The van der Waals surface area contributed by atoms with Crippen molar-refractivity contribution in [2.24, 2.45) is 0 Å². The van der Waals surface area contributed by atoms with Gasteiger partial charge in [-0.1, -0.05) is 0 Å². The Morgan fingerprint density at radius 3 is 2.80 bits per heavy atom. The molecule has 3 atom stereocenters. The van der Waals surface area contributed by atoms with Crippen LogP contribution >= 0.6 is 11.8 Å². The van der Waals surface area contributed by atoms with Gasteiger partial charge in [0, 0.05) is 60.6 Å². The minimum atomic E-state index is -4.49. The molecule has 2 N–H and O–H groups in total. The molecule has 1 amide bonds. The molecular formula is C28H31F3N6O2S. The predicted molar refractivity (Wildman–Crippen MR) is 147 cm³/mol. The van der Waals surface area contributed by atoms with E-state index in [1.54, 1.807) is 0 Å². The van der Waals surface area contributed by atoms with Gasteiger partial charge in [0.25, 0.3) is 0 Å². The Morgan fingerprint density at radius 1 is 1.12 bits per heavy atom. The van der Waals surface area contributed by atoms with Crippen LogP contribution < -0.4 is 10.6 Å². The summed E-state index contributed by atoms with van der Waals surface area (Å²) in [6, 6.07) is 5.82. The number of likely N-dealkylation sites (tertiary alicyclic amines) is 1. The third kappa shape index (κ3) is 5.89. The summed E-state index contributed by atoms with van der Waals surface area (Å²) in [5.41, 5.74) is 2.22. The van der Waals surface area contributed by atoms with Crippen LogP contribution in [0.3, 0.4) is 0 Å². The summed E-state index contributed by atoms with van der Waals surface area (Å²) >= 11 is 1.93. The zero-order valence-corrected chi connectivity index (χ0v) is 22.7. The Hall–Kier alpha value is -2.96. The van der Waals surface area contributed by atoms with Crippen LogP contribution in [0, 0.1) is 0 Å². The quantitative estimate of drug-likeness (QED) is 0.435. The number of nitrogens with one attached hydrogen (secondary N) is 2. The minimum absolute atomic E-state index is 0.0491. The number of alkyl halides is 3. The van der Waals surface area contributed by atoms with Gasteiger partial charge < -0.3 is 15.4 Å². The first-order chi connectivity index (χ1) is 19.3. The van der Waals surface area contributed by atoms with Gasteiger partial charge in [-0.3, -0.25) is 14.7 Å². The van der Waals surface area contributed by atoms with Gasteiger partial charge in [-0.15, -0.1) is 11.8 Å². The lowest BCUT2D eigenvalue weighted by atomic mass is 10.1. The zero-order valence-electron chi connectivity index (χ0n) is 21.9. The number of aromatic nitrogens is 3. The molecule has 2 aliphatic heterocycles. The summed E-state index contributed by atoms with van der Waals surface area (Å²) in [6.45, 7) is 3.06. The Morgan fingerprint density at radius 2 is 1.98 bits per heavy atom. The van der Waals surface area contributed by atoms with E-state index in [4.69, 9.17) is 4.74 Å². The van der Waals surface area contributed by atoms with Gasteiger partial charge in [-0.25, -0.2) is 9.97 Å². The highest BCUT2D eigenvalue weighted by molar-refractivity contribution is 8.00. The van der Waals surface area contributed by atoms with Crippen LogP contribution in [0.5, 0.6) is 0 Å². The summed E-state index contributed by atoms with van der Waals surface area (Å²) in [7, 11) is 0. The molecule has 212 valence electrons. The number of ether oxygens (including phenoxy) is 1. The van der Waals surface area contributed by atoms with Gasteiger partial charge in [0.2, 0.25) is 5.91 Å². The smallest absolute Gasteiger partial charge is 0.381 e. The topological polar surface area (TPSA) is 92.3 Å². The number of rotatable bonds is 7. The van der Waals surface area contributed by atoms with Crippen molar-refractivity contribution in [2.45, 2.75) is 54.4 Å². The molecule has 0 radical (unpaired) electrons. The van der Waals surface area contributed by atoms with Crippen molar-refractivity contribution >= 4 is 34.4 Å². The molecule has 0 spiro atoms. The number of thioether (sulfide) groups is 1. The number of carbonyl (C=O) groups excluding carboxylic acids is 1. The first-order valence-corrected chi connectivity index (χ1v) is 14.5. The average molecular weight is 573 g/mol. The van der Waals surface area contributed by atoms with Crippen LogP contribution in [0.15, 0.2) is 43.0 Å². The van der Waals surface area contributed by atoms with Crippen LogP contribution in [0.1, 0.15) is 41.2 Å². The average Bonchev–Trinajstić information content (AvgIpc) is 3.56. The van der Waals surface area contributed by atoms with Crippen LogP contribution in [-0.2, 0) is 22.1 Å². The lowest BCUT2D eigenvalue weighted by Gasteiger charge is -2.31. The fraction of sp³-hybridized carbons (Fsp3) is 0.500. The predicted octanol–water partition coefficient (Wildman–Crippen LogP) is 4.22. The molecule has 2 fully saturated rings. The van der Waals surface area contributed by atoms with Gasteiger partial charge in [-0.2, -0.15) is 13.2 Å². The lowest BCUT2D eigenvalue weighted by Crippen LogP contribution is -2.45. The third-order valence-electron chi connectivity index (χ3n) is 8.03. The normalized spacial score (nSPS) is 23.8. The first-order valence-electron chi connectivity index (χ1n) is 13.6. The van der Waals surface area contributed by atoms with Crippen molar-refractivity contribution in [2.75, 3.05) is 38.2 Å². The largest absolute Gasteiger partial charge is 0.416 e. The Labute approximate surface area is 234 Å². The van der Waals surface area contributed by atoms with E-state index in [0.29, 0.717) is 16.8 Å². The van der Waals surface area contributed by atoms with Gasteiger partial charge in [-0.05, 0) is 61.1 Å². The number of pyridine rings is 1. The molecule has 6 rings (SSSR count). The Bertz CT molecular complexity index is 1370. The minimum Gasteiger partial charge on any atom is -0.381 e. The van der Waals surface area contributed by atoms with Crippen molar-refractivity contribution in [3.05, 3.63) is 59.7 Å². The van der Waals surface area contributed by atoms with Gasteiger partial charge >= 0.3 is 6.18 Å². The summed E-state index contributed by atoms with van der Waals surface area (Å²) in [6.07, 6.45) is 4.64. The number of benzene rings is 1. The number of fused-ring (bicyclic) bond motifs is 2. The number of anilines is 1. The number of amides is 1. The Balaban J connectivity index is 1.14. The van der Waals surface area contributed by atoms with Crippen LogP contribution in [0.4, 0.5) is 19.0 Å². The molecule has 2 aromatic heterocycles. The molecular weight excluding hydrogens is 541 g/mol. The Kier molecular flexibility index (Phi) is 7.82. The second-order valence-corrected chi connectivity index (χ2v) is 12.0. The maximum absolute atomic E-state index is 13.3. The molecule has 4 heterocycles. The molecule has 2 unspecified atom stereocenters. The lowest BCUT2D eigenvalue weighted by molar-refractivity contribution is -0.137. The van der Waals surface area contributed by atoms with E-state index < -0.39 is 11.7 Å². The van der Waals surface area contributed by atoms with Crippen molar-refractivity contribution in [1.82, 2.24) is 25.2 Å². The summed E-state index contributed by atoms with van der Waals surface area (Å²) < 4.78 is 45.4. The standard InChI is InChI=1S/C28H31F3N6O2S/c29-28(30,31)18-2-3-22-21(11-18)27(35-16-34-22)33-13-26(38)36-23-14-37(19-6-9-39-10-7-19)15-25(23)40-24-4-1-17-12-32-8-5-20(17)24/h2-3,5,8,11-12,16,19,23-25H,1,4,6-7,9-10,13-15H2,(H,36,38)(H,33,34,35)/t23?,24?,25-/m0/s1. The summed E-state index contributed by atoms with van der Waals surface area (Å²) in [4.78, 5) is 28.1. The van der Waals surface area contributed by atoms with Crippen molar-refractivity contribution in [1.29, 1.82) is 0 Å². The maximum Gasteiger partial charge on any atom is 0.416 e. The molecule has 3 aromatic rings. The van der Waals surface area contributed by atoms with Gasteiger partial charge in [0.15, 0.2) is 0 Å². The summed E-state index contributed by atoms with van der Waals surface area (Å²) in [5, 5.41) is 6.96. The molecule has 0 bridgehead atoms. The molecule has 12 heteroatoms. The van der Waals surface area contributed by atoms with Gasteiger partial charge in [0.1, 0.15) is 12.1 Å². The van der Waals surface area contributed by atoms with Gasteiger partial charge in [0.05, 0.1) is 23.7 Å². The van der Waals surface area contributed by atoms with Crippen molar-refractivity contribution in [3.8, 4) is 0 Å². The fourth-order valence-corrected chi connectivity index (χ4v) is 7.65. The SMILES string of the molecule is O=C(CNc1ncnc2ccc(C(F)(F)F)cc12)NC1CN(C2CCOCC2)C[C@@H]1SC1CCc2cnccc21. The van der Waals surface area contributed by atoms with E-state index in [9.17, 15) is 18.0 Å². The molecule has 3 aliphatic rings. The molecule has 0 saturated carbocycles. The van der Waals surface area contributed by atoms with Crippen molar-refractivity contribution < 1.29 is 22.7 Å². The number of halogens is 3. The van der Waals surface area contributed by atoms with E-state index in [1.807, 2.05) is 24.2 Å². The second kappa shape index (κ2) is 11.5. The highest BCUT2D eigenvalue weighted by Crippen LogP contribution is 2.45. The monoisotopic (exact) mass is 572 g/mol. The maximum atomic E-state index is 13.3. The molecule has 8 nitrogen and oxygen atoms in total. The highest BCUT2D eigenvalue weighted by Gasteiger charge is 2.40. The number of carbonyl (C=O) groups is 1. The zero-order chi connectivity index (χ0) is 27.7. The first kappa shape index (κ1) is 27.2. The molecule has 40 heavy (non-hydrogen) atoms. The number of aryl methyl sites for hydroxylation is 1. The van der Waals surface area contributed by atoms with E-state index in [-0.39, 0.29) is 34.9 Å². The van der Waals surface area contributed by atoms with E-state index in [0.717, 1.165) is 64.1 Å². The molecule has 1 aromatic carbocycles. The van der Waals surface area contributed by atoms with E-state index in [2.05, 4.69) is 36.6 Å². The van der Waals surface area contributed by atoms with Crippen LogP contribution in [-0.4, -0.2) is 75.9 Å². The van der Waals surface area contributed by atoms with Crippen molar-refractivity contribution in [3.63, 3.8) is 0 Å². The van der Waals surface area contributed by atoms with E-state index >= 15 is 0 Å². The number of nitrogens with zero attached hydrogens (tertiary/aromatic N) is 4.